The van der Waals surface area contributed by atoms with Crippen LogP contribution in [0.15, 0.2) is 46.0 Å². The van der Waals surface area contributed by atoms with Gasteiger partial charge in [-0.2, -0.15) is 0 Å². The van der Waals surface area contributed by atoms with Crippen molar-refractivity contribution in [1.29, 1.82) is 0 Å². The van der Waals surface area contributed by atoms with E-state index in [0.29, 0.717) is 10.7 Å². The second kappa shape index (κ2) is 6.71. The molecular weight excluding hydrogens is 345 g/mol. The highest BCUT2D eigenvalue weighted by Crippen LogP contribution is 2.25. The maximum atomic E-state index is 13.5. The van der Waals surface area contributed by atoms with Gasteiger partial charge in [0.2, 0.25) is 5.91 Å². The summed E-state index contributed by atoms with van der Waals surface area (Å²) in [5.74, 6) is -0.710. The summed E-state index contributed by atoms with van der Waals surface area (Å²) >= 11 is 4.60. The van der Waals surface area contributed by atoms with Gasteiger partial charge in [0, 0.05) is 16.4 Å². The fraction of sp³-hybridized carbons (Fsp3) is 0.0769. The van der Waals surface area contributed by atoms with Crippen molar-refractivity contribution in [3.8, 4) is 0 Å². The van der Waals surface area contributed by atoms with E-state index in [1.54, 1.807) is 12.3 Å². The van der Waals surface area contributed by atoms with Crippen molar-refractivity contribution in [1.82, 2.24) is 4.98 Å². The number of halogens is 2. The molecule has 7 heteroatoms. The molecule has 0 radical (unpaired) electrons. The zero-order valence-electron chi connectivity index (χ0n) is 10.3. The average molecular weight is 356 g/mol. The molecule has 0 atom stereocenters. The number of pyridine rings is 1. The lowest BCUT2D eigenvalue weighted by molar-refractivity contribution is -0.113. The van der Waals surface area contributed by atoms with Crippen LogP contribution in [0.25, 0.3) is 0 Å². The van der Waals surface area contributed by atoms with E-state index in [2.05, 4.69) is 26.2 Å². The fourth-order valence-corrected chi connectivity index (χ4v) is 2.72. The van der Waals surface area contributed by atoms with E-state index in [-0.39, 0.29) is 17.3 Å². The number of nitrogens with two attached hydrogens (primary N) is 1. The summed E-state index contributed by atoms with van der Waals surface area (Å²) in [7, 11) is 0. The van der Waals surface area contributed by atoms with E-state index in [1.165, 1.54) is 30.0 Å². The molecule has 1 amide bonds. The Bertz CT molecular complexity index is 639. The molecule has 0 bridgehead atoms. The first-order chi connectivity index (χ1) is 9.56. The van der Waals surface area contributed by atoms with Crippen LogP contribution in [0.4, 0.5) is 15.8 Å². The molecule has 0 saturated heterocycles. The van der Waals surface area contributed by atoms with Gasteiger partial charge in [0.25, 0.3) is 0 Å². The van der Waals surface area contributed by atoms with Gasteiger partial charge in [0.05, 0.1) is 11.4 Å². The van der Waals surface area contributed by atoms with Gasteiger partial charge in [0.1, 0.15) is 10.8 Å². The monoisotopic (exact) mass is 355 g/mol. The number of carbonyl (C=O) groups is 1. The number of thioether (sulfide) groups is 1. The number of nitrogens with zero attached hydrogens (tertiary/aromatic N) is 1. The molecule has 0 unspecified atom stereocenters. The summed E-state index contributed by atoms with van der Waals surface area (Å²) in [6.45, 7) is 0. The zero-order chi connectivity index (χ0) is 14.5. The Morgan fingerprint density at radius 1 is 1.45 bits per heavy atom. The number of nitrogens with one attached hydrogen (secondary N) is 1. The van der Waals surface area contributed by atoms with E-state index in [9.17, 15) is 9.18 Å². The molecule has 104 valence electrons. The fourth-order valence-electron chi connectivity index (χ4n) is 1.44. The van der Waals surface area contributed by atoms with Crippen LogP contribution in [-0.4, -0.2) is 16.6 Å². The molecule has 3 N–H and O–H groups in total. The van der Waals surface area contributed by atoms with E-state index in [1.807, 2.05) is 6.07 Å². The summed E-state index contributed by atoms with van der Waals surface area (Å²) in [6, 6.07) is 7.66. The molecule has 0 spiro atoms. The summed E-state index contributed by atoms with van der Waals surface area (Å²) in [5.41, 5.74) is 6.02. The minimum Gasteiger partial charge on any atom is -0.399 e. The molecule has 1 heterocycles. The first-order valence-electron chi connectivity index (χ1n) is 5.64. The van der Waals surface area contributed by atoms with Gasteiger partial charge in [-0.05, 0) is 46.3 Å². The predicted octanol–water partition coefficient (Wildman–Crippen LogP) is 3.30. The molecule has 2 aromatic rings. The molecule has 2 rings (SSSR count). The predicted molar refractivity (Wildman–Crippen MR) is 82.1 cm³/mol. The van der Waals surface area contributed by atoms with E-state index < -0.39 is 5.82 Å². The SMILES string of the molecule is Nc1ccc(F)c(NC(=O)CSc2ncccc2Br)c1. The minimum atomic E-state index is -0.517. The maximum Gasteiger partial charge on any atom is 0.234 e. The number of carbonyl (C=O) groups excluding carboxylic acids is 1. The Balaban J connectivity index is 1.96. The number of anilines is 2. The maximum absolute atomic E-state index is 13.5. The lowest BCUT2D eigenvalue weighted by Crippen LogP contribution is -2.15. The van der Waals surface area contributed by atoms with Crippen LogP contribution in [-0.2, 0) is 4.79 Å². The van der Waals surface area contributed by atoms with Crippen molar-refractivity contribution < 1.29 is 9.18 Å². The smallest absolute Gasteiger partial charge is 0.234 e. The third-order valence-corrected chi connectivity index (χ3v) is 4.24. The van der Waals surface area contributed by atoms with Crippen LogP contribution in [0.3, 0.4) is 0 Å². The molecule has 1 aromatic carbocycles. The Morgan fingerprint density at radius 2 is 2.25 bits per heavy atom. The number of nitrogen functional groups attached to an aromatic ring is 1. The van der Waals surface area contributed by atoms with Crippen LogP contribution in [0.2, 0.25) is 0 Å². The third kappa shape index (κ3) is 3.94. The normalized spacial score (nSPS) is 10.3. The number of benzene rings is 1. The summed E-state index contributed by atoms with van der Waals surface area (Å²) in [5, 5.41) is 3.19. The molecule has 4 nitrogen and oxygen atoms in total. The number of rotatable bonds is 4. The number of aromatic nitrogens is 1. The van der Waals surface area contributed by atoms with Crippen LogP contribution < -0.4 is 11.1 Å². The van der Waals surface area contributed by atoms with E-state index in [0.717, 1.165) is 4.47 Å². The van der Waals surface area contributed by atoms with E-state index in [4.69, 9.17) is 5.73 Å². The summed E-state index contributed by atoms with van der Waals surface area (Å²) < 4.78 is 14.3. The molecule has 0 fully saturated rings. The molecule has 0 saturated carbocycles. The Kier molecular flexibility index (Phi) is 4.97. The van der Waals surface area contributed by atoms with Crippen LogP contribution >= 0.6 is 27.7 Å². The van der Waals surface area contributed by atoms with Crippen LogP contribution in [0, 0.1) is 5.82 Å². The van der Waals surface area contributed by atoms with Crippen molar-refractivity contribution in [2.24, 2.45) is 0 Å². The summed E-state index contributed by atoms with van der Waals surface area (Å²) in [4.78, 5) is 15.9. The van der Waals surface area contributed by atoms with Gasteiger partial charge in [-0.1, -0.05) is 11.8 Å². The first kappa shape index (κ1) is 14.8. The van der Waals surface area contributed by atoms with Gasteiger partial charge in [-0.3, -0.25) is 4.79 Å². The lowest BCUT2D eigenvalue weighted by atomic mass is 10.2. The Morgan fingerprint density at radius 3 is 3.00 bits per heavy atom. The quantitative estimate of drug-likeness (QED) is 0.652. The number of hydrogen-bond donors (Lipinski definition) is 2. The molecule has 0 aliphatic rings. The highest BCUT2D eigenvalue weighted by atomic mass is 79.9. The molecule has 0 aliphatic carbocycles. The van der Waals surface area contributed by atoms with Gasteiger partial charge in [0.15, 0.2) is 0 Å². The zero-order valence-corrected chi connectivity index (χ0v) is 12.7. The van der Waals surface area contributed by atoms with Crippen molar-refractivity contribution in [3.63, 3.8) is 0 Å². The average Bonchev–Trinajstić information content (AvgIpc) is 2.42. The molecule has 20 heavy (non-hydrogen) atoms. The second-order valence-electron chi connectivity index (χ2n) is 3.87. The van der Waals surface area contributed by atoms with Crippen LogP contribution in [0.5, 0.6) is 0 Å². The Labute approximate surface area is 128 Å². The largest absolute Gasteiger partial charge is 0.399 e. The highest BCUT2D eigenvalue weighted by Gasteiger charge is 2.09. The standard InChI is InChI=1S/C13H11BrFN3OS/c14-9-2-1-5-17-13(9)20-7-12(19)18-11-6-8(16)3-4-10(11)15/h1-6H,7,16H2,(H,18,19). The number of hydrogen-bond acceptors (Lipinski definition) is 4. The molecule has 0 aliphatic heterocycles. The van der Waals surface area contributed by atoms with Gasteiger partial charge >= 0.3 is 0 Å². The first-order valence-corrected chi connectivity index (χ1v) is 7.42. The van der Waals surface area contributed by atoms with Gasteiger partial charge < -0.3 is 11.1 Å². The lowest BCUT2D eigenvalue weighted by Gasteiger charge is -2.07. The van der Waals surface area contributed by atoms with Crippen molar-refractivity contribution in [2.45, 2.75) is 5.03 Å². The third-order valence-electron chi connectivity index (χ3n) is 2.33. The van der Waals surface area contributed by atoms with E-state index >= 15 is 0 Å². The minimum absolute atomic E-state index is 0.0793. The van der Waals surface area contributed by atoms with Gasteiger partial charge in [-0.15, -0.1) is 0 Å². The molecule has 1 aromatic heterocycles. The topological polar surface area (TPSA) is 68.0 Å². The van der Waals surface area contributed by atoms with Crippen molar-refractivity contribution in [2.75, 3.05) is 16.8 Å². The molecular formula is C13H11BrFN3OS. The van der Waals surface area contributed by atoms with Crippen molar-refractivity contribution in [3.05, 3.63) is 46.8 Å². The second-order valence-corrected chi connectivity index (χ2v) is 5.68. The summed E-state index contributed by atoms with van der Waals surface area (Å²) in [6.07, 6.45) is 1.64. The number of amides is 1. The van der Waals surface area contributed by atoms with Crippen LogP contribution in [0.1, 0.15) is 0 Å². The highest BCUT2D eigenvalue weighted by molar-refractivity contribution is 9.10. The van der Waals surface area contributed by atoms with Gasteiger partial charge in [-0.25, -0.2) is 9.37 Å². The van der Waals surface area contributed by atoms with Crippen molar-refractivity contribution >= 4 is 45.0 Å². The Hall–Kier alpha value is -1.60.